The lowest BCUT2D eigenvalue weighted by Gasteiger charge is -2.40. The van der Waals surface area contributed by atoms with Crippen LogP contribution in [0.5, 0.6) is 0 Å². The monoisotopic (exact) mass is 1130 g/mol. The predicted molar refractivity (Wildman–Crippen MR) is 335 cm³/mol. The van der Waals surface area contributed by atoms with Crippen molar-refractivity contribution >= 4 is 5.91 Å². The first kappa shape index (κ1) is 76.1. The largest absolute Gasteiger partial charge is 0.394 e. The molecular formula is C69H129NO10. The number of carbonyl (C=O) groups excluding carboxylic acids is 1. The van der Waals surface area contributed by atoms with E-state index in [1.165, 1.54) is 212 Å². The Morgan fingerprint density at radius 3 is 1.11 bits per heavy atom. The van der Waals surface area contributed by atoms with E-state index in [2.05, 4.69) is 67.8 Å². The van der Waals surface area contributed by atoms with Gasteiger partial charge in [-0.3, -0.25) is 4.79 Å². The molecule has 1 amide bonds. The summed E-state index contributed by atoms with van der Waals surface area (Å²) in [5, 5.41) is 76.4. The van der Waals surface area contributed by atoms with Gasteiger partial charge >= 0.3 is 0 Å². The second-order valence-corrected chi connectivity index (χ2v) is 23.9. The van der Waals surface area contributed by atoms with E-state index in [0.29, 0.717) is 19.3 Å². The van der Waals surface area contributed by atoms with Crippen LogP contribution in [0.1, 0.15) is 316 Å². The molecule has 0 radical (unpaired) electrons. The van der Waals surface area contributed by atoms with Gasteiger partial charge < -0.3 is 50.5 Å². The molecule has 1 aliphatic heterocycles. The highest BCUT2D eigenvalue weighted by atomic mass is 16.7. The van der Waals surface area contributed by atoms with E-state index in [-0.39, 0.29) is 12.8 Å². The van der Waals surface area contributed by atoms with Crippen molar-refractivity contribution in [1.82, 2.24) is 5.32 Å². The summed E-state index contributed by atoms with van der Waals surface area (Å²) in [5.74, 6) is -0.713. The average Bonchev–Trinajstić information content (AvgIpc) is 3.46. The van der Waals surface area contributed by atoms with E-state index in [1.807, 2.05) is 0 Å². The molecule has 0 aromatic rings. The summed E-state index contributed by atoms with van der Waals surface area (Å²) in [6.07, 6.45) is 63.3. The van der Waals surface area contributed by atoms with E-state index in [4.69, 9.17) is 9.47 Å². The van der Waals surface area contributed by atoms with Crippen LogP contribution < -0.4 is 5.32 Å². The lowest BCUT2D eigenvalue weighted by molar-refractivity contribution is -0.303. The van der Waals surface area contributed by atoms with Crippen LogP contribution in [-0.2, 0) is 14.3 Å². The number of ether oxygens (including phenoxy) is 2. The molecular weight excluding hydrogens is 1000 g/mol. The highest BCUT2D eigenvalue weighted by Crippen LogP contribution is 2.24. The van der Waals surface area contributed by atoms with Crippen molar-refractivity contribution in [1.29, 1.82) is 0 Å². The van der Waals surface area contributed by atoms with Crippen molar-refractivity contribution < 1.29 is 50.0 Å². The van der Waals surface area contributed by atoms with Gasteiger partial charge in [-0.25, -0.2) is 0 Å². The van der Waals surface area contributed by atoms with Crippen LogP contribution >= 0.6 is 0 Å². The fraction of sp³-hybridized carbons (Fsp3) is 0.870. The van der Waals surface area contributed by atoms with Crippen LogP contribution in [0.3, 0.4) is 0 Å². The van der Waals surface area contributed by atoms with E-state index in [0.717, 1.165) is 57.8 Å². The maximum absolute atomic E-state index is 13.2. The number of aliphatic hydroxyl groups excluding tert-OH is 7. The predicted octanol–water partition coefficient (Wildman–Crippen LogP) is 16.0. The molecule has 1 heterocycles. The Morgan fingerprint density at radius 2 is 0.750 bits per heavy atom. The van der Waals surface area contributed by atoms with Crippen molar-refractivity contribution in [3.05, 3.63) is 48.6 Å². The summed E-state index contributed by atoms with van der Waals surface area (Å²) >= 11 is 0. The summed E-state index contributed by atoms with van der Waals surface area (Å²) in [4.78, 5) is 13.2. The van der Waals surface area contributed by atoms with Crippen LogP contribution in [0.4, 0.5) is 0 Å². The van der Waals surface area contributed by atoms with Crippen molar-refractivity contribution in [3.8, 4) is 0 Å². The molecule has 8 N–H and O–H groups in total. The Morgan fingerprint density at radius 1 is 0.425 bits per heavy atom. The summed E-state index contributed by atoms with van der Waals surface area (Å²) in [6, 6.07) is -1.20. The Labute approximate surface area is 491 Å². The molecule has 9 unspecified atom stereocenters. The Balaban J connectivity index is 2.27. The smallest absolute Gasteiger partial charge is 0.249 e. The summed E-state index contributed by atoms with van der Waals surface area (Å²) in [5.41, 5.74) is 0. The minimum Gasteiger partial charge on any atom is -0.394 e. The van der Waals surface area contributed by atoms with Gasteiger partial charge in [-0.2, -0.15) is 0 Å². The minimum atomic E-state index is -1.68. The SMILES string of the molecule is CCCCCCCCCCCCCC/C=C\CCCCCCCCCC(O)C(=O)NC(COC1OC(CO)C(O)C(O)C1O)C(O)C(O)CCC/C=C/CC/C=C/CC/C=C/CCCCCCCCCCCCCCCCCCC. The molecule has 11 heteroatoms. The number of unbranched alkanes of at least 4 members (excludes halogenated alkanes) is 39. The third-order valence-electron chi connectivity index (χ3n) is 16.3. The summed E-state index contributed by atoms with van der Waals surface area (Å²) in [6.45, 7) is 3.48. The summed E-state index contributed by atoms with van der Waals surface area (Å²) < 4.78 is 11.2. The van der Waals surface area contributed by atoms with Crippen LogP contribution in [0, 0.1) is 0 Å². The molecule has 470 valence electrons. The van der Waals surface area contributed by atoms with Gasteiger partial charge in [0.05, 0.1) is 25.4 Å². The molecule has 1 aliphatic rings. The molecule has 1 rings (SSSR count). The molecule has 0 bridgehead atoms. The van der Waals surface area contributed by atoms with Gasteiger partial charge in [-0.05, 0) is 89.9 Å². The number of aliphatic hydroxyl groups is 7. The average molecular weight is 1130 g/mol. The molecule has 9 atom stereocenters. The zero-order valence-electron chi connectivity index (χ0n) is 51.8. The zero-order valence-corrected chi connectivity index (χ0v) is 51.8. The van der Waals surface area contributed by atoms with Gasteiger partial charge in [0.1, 0.15) is 36.6 Å². The number of allylic oxidation sites excluding steroid dienone is 8. The van der Waals surface area contributed by atoms with E-state index in [1.54, 1.807) is 0 Å². The highest BCUT2D eigenvalue weighted by Gasteiger charge is 2.44. The number of amides is 1. The van der Waals surface area contributed by atoms with Crippen LogP contribution in [0.15, 0.2) is 48.6 Å². The lowest BCUT2D eigenvalue weighted by Crippen LogP contribution is -2.60. The Hall–Kier alpha value is -1.93. The fourth-order valence-corrected chi connectivity index (χ4v) is 10.8. The second-order valence-electron chi connectivity index (χ2n) is 23.9. The van der Waals surface area contributed by atoms with Crippen molar-refractivity contribution in [3.63, 3.8) is 0 Å². The van der Waals surface area contributed by atoms with Gasteiger partial charge in [-0.1, -0.05) is 274 Å². The molecule has 0 aromatic heterocycles. The first-order valence-electron chi connectivity index (χ1n) is 34.0. The van der Waals surface area contributed by atoms with Crippen LogP contribution in [0.2, 0.25) is 0 Å². The van der Waals surface area contributed by atoms with E-state index < -0.39 is 74.2 Å². The molecule has 80 heavy (non-hydrogen) atoms. The number of nitrogens with one attached hydrogen (secondary N) is 1. The molecule has 0 aliphatic carbocycles. The molecule has 1 fully saturated rings. The van der Waals surface area contributed by atoms with E-state index in [9.17, 15) is 40.5 Å². The normalized spacial score (nSPS) is 19.5. The molecule has 11 nitrogen and oxygen atoms in total. The third kappa shape index (κ3) is 44.6. The second kappa shape index (κ2) is 57.5. The molecule has 0 aromatic carbocycles. The van der Waals surface area contributed by atoms with Gasteiger partial charge in [0.25, 0.3) is 0 Å². The number of carbonyl (C=O) groups is 1. The zero-order chi connectivity index (χ0) is 58.2. The Bertz CT molecular complexity index is 1440. The standard InChI is InChI=1S/C69H129NO10/c1-3-5-7-9-11-13-15-17-19-21-23-25-27-28-29-30-31-32-33-35-36-38-40-42-44-46-48-50-52-54-56-61(72)64(74)60(59-79-69-67(77)66(76)65(75)63(58-71)80-69)70-68(78)62(73)57-55-53-51-49-47-45-43-41-39-37-34-26-24-22-20-18-16-14-12-10-8-6-4-2/h33,35,37,39-40,42,48,50,60-67,69,71-77H,3-32,34,36,38,41,43-47,49,51-59H2,1-2H3,(H,70,78)/b35-33+,39-37-,42-40+,50-48+. The maximum atomic E-state index is 13.2. The summed E-state index contributed by atoms with van der Waals surface area (Å²) in [7, 11) is 0. The van der Waals surface area contributed by atoms with Crippen molar-refractivity contribution in [2.75, 3.05) is 13.2 Å². The molecule has 1 saturated heterocycles. The third-order valence-corrected chi connectivity index (χ3v) is 16.3. The fourth-order valence-electron chi connectivity index (χ4n) is 10.8. The maximum Gasteiger partial charge on any atom is 0.249 e. The molecule has 0 saturated carbocycles. The lowest BCUT2D eigenvalue weighted by atomic mass is 9.98. The van der Waals surface area contributed by atoms with Gasteiger partial charge in [-0.15, -0.1) is 0 Å². The molecule has 0 spiro atoms. The van der Waals surface area contributed by atoms with Crippen LogP contribution in [-0.4, -0.2) is 110 Å². The number of hydrogen-bond acceptors (Lipinski definition) is 10. The van der Waals surface area contributed by atoms with Gasteiger partial charge in [0.2, 0.25) is 5.91 Å². The first-order valence-corrected chi connectivity index (χ1v) is 34.0. The minimum absolute atomic E-state index is 0.240. The van der Waals surface area contributed by atoms with E-state index >= 15 is 0 Å². The van der Waals surface area contributed by atoms with Crippen molar-refractivity contribution in [2.45, 2.75) is 371 Å². The van der Waals surface area contributed by atoms with Crippen LogP contribution in [0.25, 0.3) is 0 Å². The van der Waals surface area contributed by atoms with Gasteiger partial charge in [0.15, 0.2) is 6.29 Å². The number of hydrogen-bond donors (Lipinski definition) is 8. The number of rotatable bonds is 59. The topological polar surface area (TPSA) is 189 Å². The van der Waals surface area contributed by atoms with Gasteiger partial charge in [0, 0.05) is 0 Å². The quantitative estimate of drug-likeness (QED) is 0.0215. The highest BCUT2D eigenvalue weighted by molar-refractivity contribution is 5.80. The Kier molecular flexibility index (Phi) is 54.7. The van der Waals surface area contributed by atoms with Crippen molar-refractivity contribution in [2.24, 2.45) is 0 Å². The first-order chi connectivity index (χ1) is 39.2.